The van der Waals surface area contributed by atoms with Crippen LogP contribution in [-0.2, 0) is 30.2 Å². The van der Waals surface area contributed by atoms with Gasteiger partial charge in [-0.3, -0.25) is 9.59 Å². The van der Waals surface area contributed by atoms with Crippen molar-refractivity contribution >= 4 is 23.9 Å². The third-order valence-electron chi connectivity index (χ3n) is 5.21. The van der Waals surface area contributed by atoms with Gasteiger partial charge in [0.15, 0.2) is 0 Å². The number of carbonyl (C=O) groups excluding carboxylic acids is 4. The molecule has 0 bridgehead atoms. The summed E-state index contributed by atoms with van der Waals surface area (Å²) >= 11 is 0. The minimum Gasteiger partial charge on any atom is -0.468 e. The lowest BCUT2D eigenvalue weighted by Gasteiger charge is -2.26. The van der Waals surface area contributed by atoms with Crippen LogP contribution in [0.1, 0.15) is 56.0 Å². The average molecular weight is 434 g/mol. The third kappa shape index (κ3) is 6.80. The smallest absolute Gasteiger partial charge is 0.417 e. The minimum atomic E-state index is -1.04. The fourth-order valence-electron chi connectivity index (χ4n) is 3.56. The van der Waals surface area contributed by atoms with Crippen molar-refractivity contribution in [3.8, 4) is 0 Å². The molecule has 2 atom stereocenters. The van der Waals surface area contributed by atoms with Gasteiger partial charge in [-0.15, -0.1) is 0 Å². The number of rotatable bonds is 5. The van der Waals surface area contributed by atoms with Gasteiger partial charge in [0.05, 0.1) is 19.8 Å². The second-order valence-electron chi connectivity index (χ2n) is 8.66. The van der Waals surface area contributed by atoms with Crippen molar-refractivity contribution in [2.45, 2.75) is 52.1 Å². The van der Waals surface area contributed by atoms with Crippen molar-refractivity contribution in [2.24, 2.45) is 11.8 Å². The van der Waals surface area contributed by atoms with Crippen molar-refractivity contribution in [3.63, 3.8) is 0 Å². The van der Waals surface area contributed by atoms with Crippen molar-refractivity contribution in [2.75, 3.05) is 20.8 Å². The van der Waals surface area contributed by atoms with Gasteiger partial charge in [0, 0.05) is 6.54 Å². The predicted molar refractivity (Wildman–Crippen MR) is 112 cm³/mol. The minimum absolute atomic E-state index is 0.0424. The molecule has 0 saturated carbocycles. The van der Waals surface area contributed by atoms with Crippen molar-refractivity contribution in [3.05, 3.63) is 35.4 Å². The van der Waals surface area contributed by atoms with Gasteiger partial charge in [-0.2, -0.15) is 0 Å². The summed E-state index contributed by atoms with van der Waals surface area (Å²) < 4.78 is 14.9. The van der Waals surface area contributed by atoms with E-state index in [4.69, 9.17) is 14.2 Å². The standard InChI is InChI=1S/C23H31NO7/c1-23(2,3)31-22(28)24-13-12-16(14-18(19(24)25)21(27)30-5)7-6-15-8-10-17(11-9-15)20(26)29-4/h8-11,16,18H,6-7,12-14H2,1-5H3. The molecular formula is C23H31NO7. The van der Waals surface area contributed by atoms with E-state index >= 15 is 0 Å². The first-order valence-electron chi connectivity index (χ1n) is 10.3. The molecule has 170 valence electrons. The lowest BCUT2D eigenvalue weighted by Crippen LogP contribution is -2.44. The number of hydrogen-bond acceptors (Lipinski definition) is 7. The number of likely N-dealkylation sites (tertiary alicyclic amines) is 1. The van der Waals surface area contributed by atoms with E-state index in [0.717, 1.165) is 16.9 Å². The zero-order valence-electron chi connectivity index (χ0n) is 18.8. The molecule has 1 aromatic rings. The molecule has 1 aromatic carbocycles. The van der Waals surface area contributed by atoms with E-state index < -0.39 is 35.5 Å². The normalized spacial score (nSPS) is 19.4. The van der Waals surface area contributed by atoms with Crippen molar-refractivity contribution in [1.29, 1.82) is 0 Å². The first-order chi connectivity index (χ1) is 14.6. The lowest BCUT2D eigenvalue weighted by atomic mass is 9.88. The Morgan fingerprint density at radius 2 is 1.71 bits per heavy atom. The number of carbonyl (C=O) groups is 4. The summed E-state index contributed by atoms with van der Waals surface area (Å²) in [5, 5.41) is 0. The van der Waals surface area contributed by atoms with Gasteiger partial charge in [-0.05, 0) is 70.1 Å². The van der Waals surface area contributed by atoms with E-state index in [2.05, 4.69) is 0 Å². The summed E-state index contributed by atoms with van der Waals surface area (Å²) in [5.41, 5.74) is 0.757. The zero-order valence-corrected chi connectivity index (χ0v) is 18.8. The maximum absolute atomic E-state index is 12.9. The van der Waals surface area contributed by atoms with Crippen LogP contribution in [0.5, 0.6) is 0 Å². The van der Waals surface area contributed by atoms with E-state index in [9.17, 15) is 19.2 Å². The molecular weight excluding hydrogens is 402 g/mol. The summed E-state index contributed by atoms with van der Waals surface area (Å²) in [6.07, 6.45) is 1.57. The average Bonchev–Trinajstić information content (AvgIpc) is 2.89. The Bertz CT molecular complexity index is 810. The monoisotopic (exact) mass is 433 g/mol. The fourth-order valence-corrected chi connectivity index (χ4v) is 3.56. The molecule has 8 heteroatoms. The molecule has 1 aliphatic heterocycles. The van der Waals surface area contributed by atoms with Gasteiger partial charge in [-0.25, -0.2) is 14.5 Å². The number of benzene rings is 1. The molecule has 1 heterocycles. The van der Waals surface area contributed by atoms with E-state index in [0.29, 0.717) is 24.8 Å². The van der Waals surface area contributed by atoms with Gasteiger partial charge < -0.3 is 14.2 Å². The lowest BCUT2D eigenvalue weighted by molar-refractivity contribution is -0.153. The Morgan fingerprint density at radius 3 is 2.26 bits per heavy atom. The molecule has 0 N–H and O–H groups in total. The number of ether oxygens (including phenoxy) is 3. The van der Waals surface area contributed by atoms with Crippen LogP contribution < -0.4 is 0 Å². The number of aryl methyl sites for hydroxylation is 1. The molecule has 1 aliphatic rings. The van der Waals surface area contributed by atoms with Crippen LogP contribution in [0.3, 0.4) is 0 Å². The van der Waals surface area contributed by atoms with Crippen molar-refractivity contribution < 1.29 is 33.4 Å². The second-order valence-corrected chi connectivity index (χ2v) is 8.66. The van der Waals surface area contributed by atoms with Crippen molar-refractivity contribution in [1.82, 2.24) is 4.90 Å². The molecule has 2 unspecified atom stereocenters. The zero-order chi connectivity index (χ0) is 23.2. The van der Waals surface area contributed by atoms with Gasteiger partial charge in [0.1, 0.15) is 11.5 Å². The highest BCUT2D eigenvalue weighted by molar-refractivity contribution is 6.03. The van der Waals surface area contributed by atoms with E-state index in [1.165, 1.54) is 14.2 Å². The van der Waals surface area contributed by atoms with Crippen LogP contribution in [0, 0.1) is 11.8 Å². The topological polar surface area (TPSA) is 99.2 Å². The molecule has 8 nitrogen and oxygen atoms in total. The number of nitrogens with zero attached hydrogens (tertiary/aromatic N) is 1. The molecule has 31 heavy (non-hydrogen) atoms. The highest BCUT2D eigenvalue weighted by Crippen LogP contribution is 2.29. The van der Waals surface area contributed by atoms with Crippen LogP contribution in [0.4, 0.5) is 4.79 Å². The first-order valence-corrected chi connectivity index (χ1v) is 10.3. The van der Waals surface area contributed by atoms with E-state index in [1.54, 1.807) is 32.9 Å². The Morgan fingerprint density at radius 1 is 1.06 bits per heavy atom. The quantitative estimate of drug-likeness (QED) is 0.399. The van der Waals surface area contributed by atoms with Crippen LogP contribution >= 0.6 is 0 Å². The largest absolute Gasteiger partial charge is 0.468 e. The van der Waals surface area contributed by atoms with Gasteiger partial charge in [-0.1, -0.05) is 12.1 Å². The third-order valence-corrected chi connectivity index (χ3v) is 5.21. The molecule has 0 spiro atoms. The molecule has 1 saturated heterocycles. The highest BCUT2D eigenvalue weighted by Gasteiger charge is 2.40. The van der Waals surface area contributed by atoms with Crippen LogP contribution in [-0.4, -0.2) is 55.2 Å². The summed E-state index contributed by atoms with van der Waals surface area (Å²) in [5.74, 6) is -2.61. The van der Waals surface area contributed by atoms with Crippen LogP contribution in [0.25, 0.3) is 0 Å². The van der Waals surface area contributed by atoms with Gasteiger partial charge in [0.25, 0.3) is 0 Å². The van der Waals surface area contributed by atoms with Gasteiger partial charge >= 0.3 is 18.0 Å². The molecule has 1 fully saturated rings. The molecule has 2 amide bonds. The SMILES string of the molecule is COC(=O)c1ccc(CCC2CCN(C(=O)OC(C)(C)C)C(=O)C(C(=O)OC)C2)cc1. The first kappa shape index (κ1) is 24.4. The molecule has 0 aliphatic carbocycles. The number of esters is 2. The Hall–Kier alpha value is -2.90. The summed E-state index contributed by atoms with van der Waals surface area (Å²) in [6, 6.07) is 7.14. The highest BCUT2D eigenvalue weighted by atomic mass is 16.6. The molecule has 2 rings (SSSR count). The van der Waals surface area contributed by atoms with E-state index in [1.807, 2.05) is 12.1 Å². The Labute approximate surface area is 182 Å². The maximum atomic E-state index is 12.9. The number of methoxy groups -OCH3 is 2. The van der Waals surface area contributed by atoms with Gasteiger partial charge in [0.2, 0.25) is 5.91 Å². The molecule has 0 aromatic heterocycles. The predicted octanol–water partition coefficient (Wildman–Crippen LogP) is 3.37. The maximum Gasteiger partial charge on any atom is 0.417 e. The Kier molecular flexibility index (Phi) is 8.19. The number of imide groups is 1. The van der Waals surface area contributed by atoms with Crippen LogP contribution in [0.2, 0.25) is 0 Å². The Balaban J connectivity index is 2.09. The molecule has 0 radical (unpaired) electrons. The van der Waals surface area contributed by atoms with E-state index in [-0.39, 0.29) is 12.5 Å². The number of hydrogen-bond donors (Lipinski definition) is 0. The van der Waals surface area contributed by atoms with Crippen LogP contribution in [0.15, 0.2) is 24.3 Å². The second kappa shape index (κ2) is 10.4. The summed E-state index contributed by atoms with van der Waals surface area (Å²) in [4.78, 5) is 50.3. The summed E-state index contributed by atoms with van der Waals surface area (Å²) in [6.45, 7) is 5.35. The fraction of sp³-hybridized carbons (Fsp3) is 0.565. The summed E-state index contributed by atoms with van der Waals surface area (Å²) in [7, 11) is 2.57. The number of amides is 2.